The van der Waals surface area contributed by atoms with E-state index in [0.29, 0.717) is 46.9 Å². The van der Waals surface area contributed by atoms with Crippen LogP contribution in [0.25, 0.3) is 0 Å². The zero-order chi connectivity index (χ0) is 39.0. The summed E-state index contributed by atoms with van der Waals surface area (Å²) in [6.07, 6.45) is 3.76. The van der Waals surface area contributed by atoms with E-state index in [1.165, 1.54) is 18.1 Å². The number of rotatable bonds is 14. The summed E-state index contributed by atoms with van der Waals surface area (Å²) in [7, 11) is 1.53. The van der Waals surface area contributed by atoms with Crippen LogP contribution in [0.1, 0.15) is 55.6 Å². The molecule has 6 atom stereocenters. The van der Waals surface area contributed by atoms with Crippen LogP contribution in [0.3, 0.4) is 0 Å². The fraction of sp³-hybridized carbons (Fsp3) is 0.390. The van der Waals surface area contributed by atoms with Crippen molar-refractivity contribution in [3.63, 3.8) is 0 Å². The zero-order valence-electron chi connectivity index (χ0n) is 30.1. The Labute approximate surface area is 327 Å². The number of anilines is 1. The number of carbonyl (C=O) groups is 5. The van der Waals surface area contributed by atoms with E-state index < -0.39 is 52.8 Å². The van der Waals surface area contributed by atoms with Crippen LogP contribution >= 0.6 is 23.2 Å². The van der Waals surface area contributed by atoms with Crippen molar-refractivity contribution in [2.75, 3.05) is 32.3 Å². The monoisotopic (exact) mass is 789 g/mol. The van der Waals surface area contributed by atoms with E-state index in [9.17, 15) is 24.3 Å². The van der Waals surface area contributed by atoms with Crippen LogP contribution in [0.4, 0.5) is 5.69 Å². The predicted octanol–water partition coefficient (Wildman–Crippen LogP) is 6.00. The van der Waals surface area contributed by atoms with Crippen molar-refractivity contribution >= 4 is 58.5 Å². The Balaban J connectivity index is 1.38. The van der Waals surface area contributed by atoms with Crippen LogP contribution in [0, 0.1) is 23.7 Å². The number of likely N-dealkylation sites (tertiary alicyclic amines) is 1. The SMILES string of the molecule is COc1ccc([C@@]23C(=O)N(Nc4ccc(Cl)cc4Cl)C(=O)[C@@H]2C[C@@H]2C(=CC[C@@H]4C(=O)N(CCCCCC(=O)O)C(=O)[C@@H]42)[C@@H]3c2ccccc2OCCO)cc1. The molecule has 55 heavy (non-hydrogen) atoms. The fourth-order valence-corrected chi connectivity index (χ4v) is 9.65. The molecule has 0 radical (unpaired) electrons. The number of hydrogen-bond donors (Lipinski definition) is 3. The summed E-state index contributed by atoms with van der Waals surface area (Å²) in [5, 5.41) is 20.4. The second kappa shape index (κ2) is 15.7. The maximum atomic E-state index is 15.5. The molecule has 0 bridgehead atoms. The van der Waals surface area contributed by atoms with E-state index in [1.807, 2.05) is 18.2 Å². The molecule has 12 nitrogen and oxygen atoms in total. The number of methoxy groups -OCH3 is 1. The van der Waals surface area contributed by atoms with Gasteiger partial charge in [0, 0.05) is 29.5 Å². The molecule has 3 aromatic rings. The summed E-state index contributed by atoms with van der Waals surface area (Å²) < 4.78 is 11.6. The highest BCUT2D eigenvalue weighted by Crippen LogP contribution is 2.65. The van der Waals surface area contributed by atoms with Gasteiger partial charge in [0.1, 0.15) is 18.1 Å². The summed E-state index contributed by atoms with van der Waals surface area (Å²) in [6, 6.07) is 18.9. The van der Waals surface area contributed by atoms with E-state index in [4.69, 9.17) is 37.8 Å². The van der Waals surface area contributed by atoms with Crippen molar-refractivity contribution in [1.29, 1.82) is 0 Å². The number of allylic oxidation sites excluding steroid dienone is 2. The number of imide groups is 2. The molecule has 0 spiro atoms. The number of amides is 4. The third-order valence-electron chi connectivity index (χ3n) is 11.5. The van der Waals surface area contributed by atoms with E-state index in [2.05, 4.69) is 5.43 Å². The number of unbranched alkanes of at least 4 members (excludes halogenated alkanes) is 2. The van der Waals surface area contributed by atoms with E-state index in [0.717, 1.165) is 10.6 Å². The largest absolute Gasteiger partial charge is 0.497 e. The number of hydrazine groups is 1. The first-order valence-corrected chi connectivity index (χ1v) is 19.1. The molecule has 288 valence electrons. The number of carbonyl (C=O) groups excluding carboxylic acids is 4. The number of aliphatic hydroxyl groups excluding tert-OH is 1. The minimum atomic E-state index is -1.57. The van der Waals surface area contributed by atoms with Crippen LogP contribution < -0.4 is 14.9 Å². The van der Waals surface area contributed by atoms with Gasteiger partial charge in [-0.15, -0.1) is 0 Å². The molecular weight excluding hydrogens is 749 g/mol. The molecule has 0 aromatic heterocycles. The number of aliphatic hydroxyl groups is 1. The van der Waals surface area contributed by atoms with Gasteiger partial charge in [-0.2, -0.15) is 5.01 Å². The maximum Gasteiger partial charge on any atom is 0.303 e. The van der Waals surface area contributed by atoms with Crippen molar-refractivity contribution in [2.24, 2.45) is 23.7 Å². The summed E-state index contributed by atoms with van der Waals surface area (Å²) >= 11 is 12.7. The van der Waals surface area contributed by atoms with Crippen LogP contribution in [-0.2, 0) is 29.4 Å². The first kappa shape index (κ1) is 38.4. The second-order valence-electron chi connectivity index (χ2n) is 14.4. The Morgan fingerprint density at radius 2 is 1.71 bits per heavy atom. The van der Waals surface area contributed by atoms with E-state index in [-0.39, 0.29) is 61.5 Å². The number of benzene rings is 3. The first-order valence-electron chi connectivity index (χ1n) is 18.4. The van der Waals surface area contributed by atoms with Crippen LogP contribution in [0.5, 0.6) is 11.5 Å². The third kappa shape index (κ3) is 6.63. The van der Waals surface area contributed by atoms with E-state index >= 15 is 4.79 Å². The second-order valence-corrected chi connectivity index (χ2v) is 15.2. The third-order valence-corrected chi connectivity index (χ3v) is 12.1. The summed E-state index contributed by atoms with van der Waals surface area (Å²) in [4.78, 5) is 71.0. The molecule has 0 unspecified atom stereocenters. The molecule has 4 aliphatic rings. The van der Waals surface area contributed by atoms with Gasteiger partial charge in [-0.05, 0) is 73.6 Å². The molecule has 2 heterocycles. The molecule has 3 N–H and O–H groups in total. The van der Waals surface area contributed by atoms with Gasteiger partial charge in [-0.1, -0.05) is 71.6 Å². The van der Waals surface area contributed by atoms with Gasteiger partial charge >= 0.3 is 5.97 Å². The number of fused-ring (bicyclic) bond motifs is 4. The molecule has 14 heteroatoms. The van der Waals surface area contributed by atoms with Gasteiger partial charge in [0.15, 0.2) is 0 Å². The number of aliphatic carboxylic acids is 1. The number of para-hydroxylation sites is 1. The number of halogens is 2. The van der Waals surface area contributed by atoms with Gasteiger partial charge in [-0.3, -0.25) is 34.3 Å². The number of ether oxygens (including phenoxy) is 2. The quantitative estimate of drug-likeness (QED) is 0.100. The topological polar surface area (TPSA) is 163 Å². The standard InChI is InChI=1S/C41H41Cl2N3O9/c1-54-25-13-10-23(11-14-25)41-30(38(51)46(40(41)53)44-32-17-12-24(42)21-31(32)43)22-29-26(36(41)27-7-4-5-8-33(27)55-20-19-47)15-16-28-35(29)39(52)45(37(28)50)18-6-2-3-9-34(48)49/h4-5,7-8,10-15,17,21,28-30,35-36,44,47H,2-3,6,9,16,18-20,22H2,1H3,(H,48,49)/t28-,29+,30-,35-,36+,41+/m0/s1. The Morgan fingerprint density at radius 1 is 0.945 bits per heavy atom. The number of nitrogens with zero attached hydrogens (tertiary/aromatic N) is 2. The van der Waals surface area contributed by atoms with Crippen molar-refractivity contribution in [2.45, 2.75) is 49.9 Å². The first-order chi connectivity index (χ1) is 26.5. The summed E-state index contributed by atoms with van der Waals surface area (Å²) in [5.41, 5.74) is 3.59. The van der Waals surface area contributed by atoms with Gasteiger partial charge in [-0.25, -0.2) is 0 Å². The minimum absolute atomic E-state index is 0.00750. The van der Waals surface area contributed by atoms with Crippen LogP contribution in [0.2, 0.25) is 10.0 Å². The highest BCUT2D eigenvalue weighted by molar-refractivity contribution is 6.36. The summed E-state index contributed by atoms with van der Waals surface area (Å²) in [5.74, 6) is -5.51. The highest BCUT2D eigenvalue weighted by atomic mass is 35.5. The fourth-order valence-electron chi connectivity index (χ4n) is 9.20. The lowest BCUT2D eigenvalue weighted by Gasteiger charge is -2.50. The number of carboxylic acid groups (broad SMARTS) is 1. The van der Waals surface area contributed by atoms with Gasteiger partial charge < -0.3 is 19.7 Å². The molecule has 4 amide bonds. The molecule has 3 aromatic carbocycles. The Kier molecular flexibility index (Phi) is 10.9. The van der Waals surface area contributed by atoms with Gasteiger partial charge in [0.05, 0.1) is 47.6 Å². The van der Waals surface area contributed by atoms with Gasteiger partial charge in [0.2, 0.25) is 11.8 Å². The Morgan fingerprint density at radius 3 is 2.42 bits per heavy atom. The molecular formula is C41H41Cl2N3O9. The van der Waals surface area contributed by atoms with Gasteiger partial charge in [0.25, 0.3) is 11.8 Å². The Bertz CT molecular complexity index is 2060. The lowest BCUT2D eigenvalue weighted by Crippen LogP contribution is -2.53. The maximum absolute atomic E-state index is 15.5. The summed E-state index contributed by atoms with van der Waals surface area (Å²) in [6.45, 7) is -0.121. The molecule has 2 aliphatic carbocycles. The zero-order valence-corrected chi connectivity index (χ0v) is 31.6. The lowest BCUT2D eigenvalue weighted by atomic mass is 9.49. The molecule has 7 rings (SSSR count). The predicted molar refractivity (Wildman–Crippen MR) is 202 cm³/mol. The van der Waals surface area contributed by atoms with E-state index in [1.54, 1.807) is 48.5 Å². The smallest absolute Gasteiger partial charge is 0.303 e. The number of nitrogens with one attached hydrogen (secondary N) is 1. The number of carboxylic acids is 1. The average molecular weight is 791 g/mol. The minimum Gasteiger partial charge on any atom is -0.497 e. The number of hydrogen-bond acceptors (Lipinski definition) is 9. The van der Waals surface area contributed by atoms with Crippen molar-refractivity contribution in [1.82, 2.24) is 9.91 Å². The van der Waals surface area contributed by atoms with Crippen molar-refractivity contribution in [3.05, 3.63) is 99.6 Å². The molecule has 2 aliphatic heterocycles. The van der Waals surface area contributed by atoms with Crippen LogP contribution in [0.15, 0.2) is 78.4 Å². The molecule has 3 fully saturated rings. The van der Waals surface area contributed by atoms with Crippen molar-refractivity contribution < 1.29 is 43.7 Å². The highest BCUT2D eigenvalue weighted by Gasteiger charge is 2.70. The molecule has 2 saturated heterocycles. The normalized spacial score (nSPS) is 25.7. The Hall–Kier alpha value is -4.91. The molecule has 1 saturated carbocycles. The average Bonchev–Trinajstić information content (AvgIpc) is 3.55. The van der Waals surface area contributed by atoms with Crippen molar-refractivity contribution in [3.8, 4) is 11.5 Å². The lowest BCUT2D eigenvalue weighted by molar-refractivity contribution is -0.141. The van der Waals surface area contributed by atoms with Crippen LogP contribution in [-0.4, -0.2) is 76.6 Å².